The fourth-order valence-electron chi connectivity index (χ4n) is 5.12. The van der Waals surface area contributed by atoms with Crippen LogP contribution in [0.2, 0.25) is 0 Å². The van der Waals surface area contributed by atoms with E-state index in [0.717, 1.165) is 0 Å². The molecule has 2 aliphatic rings. The first-order chi connectivity index (χ1) is 16.1. The molecule has 0 bridgehead atoms. The number of aliphatic carboxylic acids is 1. The van der Waals surface area contributed by atoms with E-state index in [-0.39, 0.29) is 12.1 Å². The van der Waals surface area contributed by atoms with Crippen molar-refractivity contribution in [2.75, 3.05) is 14.2 Å². The van der Waals surface area contributed by atoms with Crippen LogP contribution >= 0.6 is 0 Å². The zero-order valence-corrected chi connectivity index (χ0v) is 18.7. The maximum Gasteiger partial charge on any atom is 0.325 e. The lowest BCUT2D eigenvalue weighted by Crippen LogP contribution is -2.57. The minimum Gasteiger partial charge on any atom is -0.496 e. The van der Waals surface area contributed by atoms with Gasteiger partial charge >= 0.3 is 5.97 Å². The fourth-order valence-corrected chi connectivity index (χ4v) is 5.12. The van der Waals surface area contributed by atoms with E-state index < -0.39 is 46.1 Å². The van der Waals surface area contributed by atoms with Crippen LogP contribution in [0, 0.1) is 28.9 Å². The zero-order chi connectivity index (χ0) is 24.8. The second-order valence-corrected chi connectivity index (χ2v) is 8.37. The Morgan fingerprint density at radius 1 is 1.12 bits per heavy atom. The first-order valence-electron chi connectivity index (χ1n) is 10.4. The number of rotatable bonds is 7. The molecule has 2 saturated heterocycles. The second kappa shape index (κ2) is 8.41. The summed E-state index contributed by atoms with van der Waals surface area (Å²) >= 11 is 0. The highest BCUT2D eigenvalue weighted by Crippen LogP contribution is 2.50. The van der Waals surface area contributed by atoms with Crippen molar-refractivity contribution in [3.8, 4) is 11.5 Å². The van der Waals surface area contributed by atoms with Crippen molar-refractivity contribution in [2.24, 2.45) is 11.8 Å². The van der Waals surface area contributed by atoms with Gasteiger partial charge in [-0.15, -0.1) is 0 Å². The molecule has 0 radical (unpaired) electrons. The lowest BCUT2D eigenvalue weighted by molar-refractivity contribution is -0.384. The lowest BCUT2D eigenvalue weighted by Gasteiger charge is -2.30. The summed E-state index contributed by atoms with van der Waals surface area (Å²) in [5.74, 6) is -3.80. The number of non-ortho nitro benzene ring substituents is 1. The van der Waals surface area contributed by atoms with Crippen molar-refractivity contribution in [1.82, 2.24) is 10.6 Å². The molecule has 0 aromatic heterocycles. The SMILES string of the molecule is COc1ccc(C2NC(Cc3ccc([N+](=O)[O-])cc3)(C(=O)O)C3C(=O)NC(=O)C23)c(OC)c1C. The van der Waals surface area contributed by atoms with Crippen LogP contribution < -0.4 is 20.1 Å². The third-order valence-corrected chi connectivity index (χ3v) is 6.65. The van der Waals surface area contributed by atoms with Crippen LogP contribution in [-0.2, 0) is 20.8 Å². The molecule has 11 heteroatoms. The molecule has 2 amide bonds. The smallest absolute Gasteiger partial charge is 0.325 e. The van der Waals surface area contributed by atoms with Gasteiger partial charge in [-0.1, -0.05) is 18.2 Å². The molecule has 3 N–H and O–H groups in total. The maximum atomic E-state index is 12.8. The van der Waals surface area contributed by atoms with E-state index in [1.165, 1.54) is 38.5 Å². The Kier molecular flexibility index (Phi) is 5.74. The van der Waals surface area contributed by atoms with E-state index >= 15 is 0 Å². The molecule has 178 valence electrons. The highest BCUT2D eigenvalue weighted by Gasteiger charge is 2.66. The van der Waals surface area contributed by atoms with Gasteiger partial charge in [-0.3, -0.25) is 35.1 Å². The van der Waals surface area contributed by atoms with E-state index in [2.05, 4.69) is 10.6 Å². The first-order valence-corrected chi connectivity index (χ1v) is 10.4. The van der Waals surface area contributed by atoms with Crippen molar-refractivity contribution in [3.63, 3.8) is 0 Å². The van der Waals surface area contributed by atoms with Gasteiger partial charge in [-0.2, -0.15) is 0 Å². The summed E-state index contributed by atoms with van der Waals surface area (Å²) in [6.45, 7) is 1.77. The molecule has 2 aliphatic heterocycles. The Morgan fingerprint density at radius 2 is 1.79 bits per heavy atom. The van der Waals surface area contributed by atoms with E-state index in [0.29, 0.717) is 28.2 Å². The summed E-state index contributed by atoms with van der Waals surface area (Å²) in [5, 5.41) is 26.7. The molecule has 4 atom stereocenters. The number of carbonyl (C=O) groups is 3. The van der Waals surface area contributed by atoms with Gasteiger partial charge in [0.05, 0.1) is 31.0 Å². The summed E-state index contributed by atoms with van der Waals surface area (Å²) in [4.78, 5) is 48.8. The van der Waals surface area contributed by atoms with Crippen molar-refractivity contribution in [2.45, 2.75) is 24.9 Å². The van der Waals surface area contributed by atoms with Gasteiger partial charge in [0.1, 0.15) is 17.0 Å². The lowest BCUT2D eigenvalue weighted by atomic mass is 9.76. The largest absolute Gasteiger partial charge is 0.496 e. The van der Waals surface area contributed by atoms with Gasteiger partial charge in [0.15, 0.2) is 0 Å². The van der Waals surface area contributed by atoms with Gasteiger partial charge in [-0.25, -0.2) is 0 Å². The maximum absolute atomic E-state index is 12.8. The summed E-state index contributed by atoms with van der Waals surface area (Å²) in [6.07, 6.45) is -0.170. The molecule has 2 fully saturated rings. The number of methoxy groups -OCH3 is 2. The number of nitrogens with one attached hydrogen (secondary N) is 2. The van der Waals surface area contributed by atoms with Crippen molar-refractivity contribution in [1.29, 1.82) is 0 Å². The molecule has 2 heterocycles. The Hall–Kier alpha value is -3.99. The number of fused-ring (bicyclic) bond motifs is 1. The number of hydrogen-bond acceptors (Lipinski definition) is 8. The second-order valence-electron chi connectivity index (χ2n) is 8.37. The number of nitrogens with zero attached hydrogens (tertiary/aromatic N) is 1. The number of amides is 2. The standard InChI is InChI=1S/C23H23N3O8/c1-11-15(33-2)9-8-14(19(11)34-3)18-16-17(21(28)24-20(16)27)23(25-18,22(29)30)10-12-4-6-13(7-5-12)26(31)32/h4-9,16-18,25H,10H2,1-3H3,(H,29,30)(H,24,27,28). The Morgan fingerprint density at radius 3 is 2.35 bits per heavy atom. The molecular weight excluding hydrogens is 446 g/mol. The number of ether oxygens (including phenoxy) is 2. The summed E-state index contributed by atoms with van der Waals surface area (Å²) in [5.41, 5.74) is -0.331. The van der Waals surface area contributed by atoms with Crippen molar-refractivity contribution in [3.05, 3.63) is 63.2 Å². The predicted molar refractivity (Wildman–Crippen MR) is 117 cm³/mol. The number of nitro groups is 1. The number of imide groups is 1. The molecule has 0 saturated carbocycles. The molecular formula is C23H23N3O8. The van der Waals surface area contributed by atoms with Crippen LogP contribution in [-0.4, -0.2) is 47.6 Å². The van der Waals surface area contributed by atoms with E-state index in [9.17, 15) is 29.6 Å². The fraction of sp³-hybridized carbons (Fsp3) is 0.348. The minimum atomic E-state index is -1.83. The number of nitro benzene ring substituents is 1. The van der Waals surface area contributed by atoms with E-state index in [1.54, 1.807) is 19.1 Å². The van der Waals surface area contributed by atoms with Crippen LogP contribution in [0.15, 0.2) is 36.4 Å². The van der Waals surface area contributed by atoms with Crippen LogP contribution in [0.3, 0.4) is 0 Å². The first kappa shape index (κ1) is 23.2. The monoisotopic (exact) mass is 469 g/mol. The third-order valence-electron chi connectivity index (χ3n) is 6.65. The molecule has 2 aromatic rings. The predicted octanol–water partition coefficient (Wildman–Crippen LogP) is 1.52. The van der Waals surface area contributed by atoms with Gasteiger partial charge < -0.3 is 14.6 Å². The Balaban J connectivity index is 1.83. The quantitative estimate of drug-likeness (QED) is 0.311. The average Bonchev–Trinajstić information content (AvgIpc) is 3.30. The number of carbonyl (C=O) groups excluding carboxylic acids is 2. The highest BCUT2D eigenvalue weighted by molar-refractivity contribution is 6.09. The molecule has 2 aromatic carbocycles. The molecule has 11 nitrogen and oxygen atoms in total. The summed E-state index contributed by atoms with van der Waals surface area (Å²) in [6, 6.07) is 7.95. The minimum absolute atomic E-state index is 0.143. The van der Waals surface area contributed by atoms with E-state index in [1.807, 2.05) is 0 Å². The van der Waals surface area contributed by atoms with Crippen LogP contribution in [0.1, 0.15) is 22.7 Å². The summed E-state index contributed by atoms with van der Waals surface area (Å²) < 4.78 is 10.9. The van der Waals surface area contributed by atoms with Crippen molar-refractivity contribution >= 4 is 23.5 Å². The Labute approximate surface area is 194 Å². The van der Waals surface area contributed by atoms with Gasteiger partial charge in [0, 0.05) is 35.7 Å². The molecule has 0 aliphatic carbocycles. The Bertz CT molecular complexity index is 1200. The summed E-state index contributed by atoms with van der Waals surface area (Å²) in [7, 11) is 2.97. The number of carboxylic acids is 1. The molecule has 0 spiro atoms. The molecule has 4 rings (SSSR count). The van der Waals surface area contributed by atoms with Gasteiger partial charge in [0.2, 0.25) is 11.8 Å². The zero-order valence-electron chi connectivity index (χ0n) is 18.7. The van der Waals surface area contributed by atoms with Gasteiger partial charge in [-0.05, 0) is 18.6 Å². The number of carboxylic acid groups (broad SMARTS) is 1. The van der Waals surface area contributed by atoms with Crippen LogP contribution in [0.4, 0.5) is 5.69 Å². The number of benzene rings is 2. The highest BCUT2D eigenvalue weighted by atomic mass is 16.6. The normalized spacial score (nSPS) is 25.6. The average molecular weight is 469 g/mol. The number of hydrogen-bond donors (Lipinski definition) is 3. The molecule has 34 heavy (non-hydrogen) atoms. The van der Waals surface area contributed by atoms with Gasteiger partial charge in [0.25, 0.3) is 5.69 Å². The topological polar surface area (TPSA) is 157 Å². The van der Waals surface area contributed by atoms with Crippen molar-refractivity contribution < 1.29 is 33.9 Å². The van der Waals surface area contributed by atoms with Crippen LogP contribution in [0.25, 0.3) is 0 Å². The van der Waals surface area contributed by atoms with E-state index in [4.69, 9.17) is 9.47 Å². The third kappa shape index (κ3) is 3.45. The van der Waals surface area contributed by atoms with Crippen LogP contribution in [0.5, 0.6) is 11.5 Å². The molecule has 4 unspecified atom stereocenters.